The molecule has 0 bridgehead atoms. The van der Waals surface area contributed by atoms with Crippen molar-refractivity contribution in [2.45, 2.75) is 19.3 Å². The lowest BCUT2D eigenvalue weighted by Gasteiger charge is -2.32. The van der Waals surface area contributed by atoms with Gasteiger partial charge in [-0.1, -0.05) is 0 Å². The van der Waals surface area contributed by atoms with Gasteiger partial charge < -0.3 is 19.4 Å². The predicted molar refractivity (Wildman–Crippen MR) is 99.2 cm³/mol. The first kappa shape index (κ1) is 18.8. The van der Waals surface area contributed by atoms with E-state index in [2.05, 4.69) is 9.97 Å². The van der Waals surface area contributed by atoms with Crippen LogP contribution in [0.4, 0.5) is 0 Å². The first-order valence-corrected chi connectivity index (χ1v) is 8.90. The van der Waals surface area contributed by atoms with Gasteiger partial charge in [0, 0.05) is 24.8 Å². The number of hydrogen-bond donors (Lipinski definition) is 2. The van der Waals surface area contributed by atoms with Crippen molar-refractivity contribution in [2.75, 3.05) is 26.8 Å². The Bertz CT molecular complexity index is 879. The molecule has 1 aromatic carbocycles. The fourth-order valence-electron chi connectivity index (χ4n) is 3.08. The van der Waals surface area contributed by atoms with Crippen LogP contribution in [0, 0.1) is 5.92 Å². The van der Waals surface area contributed by atoms with Crippen LogP contribution in [0.1, 0.15) is 18.4 Å². The van der Waals surface area contributed by atoms with Crippen LogP contribution >= 0.6 is 0 Å². The highest BCUT2D eigenvalue weighted by atomic mass is 16.5. The fraction of sp³-hybridized carbons (Fsp3) is 0.421. The molecule has 0 saturated carbocycles. The van der Waals surface area contributed by atoms with Gasteiger partial charge in [-0.2, -0.15) is 0 Å². The smallest absolute Gasteiger partial charge is 0.325 e. The van der Waals surface area contributed by atoms with E-state index in [0.717, 1.165) is 24.3 Å². The highest BCUT2D eigenvalue weighted by Crippen LogP contribution is 2.21. The number of carbonyl (C=O) groups excluding carboxylic acids is 1. The summed E-state index contributed by atoms with van der Waals surface area (Å²) in [6.45, 7) is 1.88. The Kier molecular flexibility index (Phi) is 5.95. The van der Waals surface area contributed by atoms with Gasteiger partial charge in [0.05, 0.1) is 20.1 Å². The van der Waals surface area contributed by atoms with Crippen molar-refractivity contribution in [3.05, 3.63) is 56.9 Å². The van der Waals surface area contributed by atoms with E-state index in [4.69, 9.17) is 9.47 Å². The molecule has 144 valence electrons. The molecule has 2 N–H and O–H groups in total. The summed E-state index contributed by atoms with van der Waals surface area (Å²) in [6.07, 6.45) is 2.99. The normalized spacial score (nSPS) is 14.8. The Hall–Kier alpha value is -3.03. The lowest BCUT2D eigenvalue weighted by molar-refractivity contribution is -0.132. The van der Waals surface area contributed by atoms with Gasteiger partial charge in [0.25, 0.3) is 5.56 Å². The van der Waals surface area contributed by atoms with Gasteiger partial charge in [0.1, 0.15) is 11.5 Å². The number of piperidine rings is 1. The number of hydrogen-bond acceptors (Lipinski definition) is 5. The summed E-state index contributed by atoms with van der Waals surface area (Å²) in [5.41, 5.74) is -0.826. The van der Waals surface area contributed by atoms with Crippen molar-refractivity contribution in [1.82, 2.24) is 14.9 Å². The molecule has 1 amide bonds. The SMILES string of the molecule is COc1ccc(OCC2CCN(C(=O)Cc3c[nH]c(=O)[nH]c3=O)CC2)cc1. The summed E-state index contributed by atoms with van der Waals surface area (Å²) in [5, 5.41) is 0. The summed E-state index contributed by atoms with van der Waals surface area (Å²) >= 11 is 0. The number of benzene rings is 1. The fourth-order valence-corrected chi connectivity index (χ4v) is 3.08. The largest absolute Gasteiger partial charge is 0.497 e. The molecule has 0 atom stereocenters. The summed E-state index contributed by atoms with van der Waals surface area (Å²) < 4.78 is 10.9. The van der Waals surface area contributed by atoms with Gasteiger partial charge in [-0.25, -0.2) is 4.79 Å². The first-order valence-electron chi connectivity index (χ1n) is 8.90. The van der Waals surface area contributed by atoms with E-state index in [-0.39, 0.29) is 17.9 Å². The van der Waals surface area contributed by atoms with Crippen LogP contribution < -0.4 is 20.7 Å². The molecule has 2 aromatic rings. The number of amides is 1. The number of nitrogens with one attached hydrogen (secondary N) is 2. The number of H-pyrrole nitrogens is 2. The molecule has 3 rings (SSSR count). The predicted octanol–water partition coefficient (Wildman–Crippen LogP) is 0.932. The molecule has 0 spiro atoms. The molecule has 2 heterocycles. The quantitative estimate of drug-likeness (QED) is 0.784. The van der Waals surface area contributed by atoms with Gasteiger partial charge in [-0.3, -0.25) is 14.6 Å². The number of methoxy groups -OCH3 is 1. The topological polar surface area (TPSA) is 104 Å². The summed E-state index contributed by atoms with van der Waals surface area (Å²) in [5.74, 6) is 1.86. The molecule has 0 radical (unpaired) electrons. The van der Waals surface area contributed by atoms with E-state index in [1.54, 1.807) is 12.0 Å². The number of carbonyl (C=O) groups is 1. The monoisotopic (exact) mass is 373 g/mol. The number of aromatic nitrogens is 2. The lowest BCUT2D eigenvalue weighted by atomic mass is 9.97. The van der Waals surface area contributed by atoms with E-state index in [0.29, 0.717) is 25.6 Å². The average Bonchev–Trinajstić information content (AvgIpc) is 2.69. The minimum absolute atomic E-state index is 0.0148. The van der Waals surface area contributed by atoms with Crippen molar-refractivity contribution in [3.63, 3.8) is 0 Å². The van der Waals surface area contributed by atoms with E-state index < -0.39 is 11.2 Å². The molecule has 1 aliphatic heterocycles. The van der Waals surface area contributed by atoms with Crippen LogP contribution in [-0.2, 0) is 11.2 Å². The molecule has 27 heavy (non-hydrogen) atoms. The Morgan fingerprint density at radius 3 is 2.44 bits per heavy atom. The van der Waals surface area contributed by atoms with Crippen molar-refractivity contribution < 1.29 is 14.3 Å². The Balaban J connectivity index is 1.45. The zero-order chi connectivity index (χ0) is 19.2. The molecule has 1 fully saturated rings. The van der Waals surface area contributed by atoms with Crippen molar-refractivity contribution in [2.24, 2.45) is 5.92 Å². The molecule has 1 aliphatic rings. The minimum atomic E-state index is -0.575. The van der Waals surface area contributed by atoms with Gasteiger partial charge in [0.15, 0.2) is 0 Å². The maximum absolute atomic E-state index is 12.4. The van der Waals surface area contributed by atoms with Crippen LogP contribution in [0.5, 0.6) is 11.5 Å². The van der Waals surface area contributed by atoms with Crippen LogP contribution in [0.3, 0.4) is 0 Å². The number of likely N-dealkylation sites (tertiary alicyclic amines) is 1. The Morgan fingerprint density at radius 2 is 1.81 bits per heavy atom. The molecule has 8 nitrogen and oxygen atoms in total. The van der Waals surface area contributed by atoms with E-state index in [9.17, 15) is 14.4 Å². The highest BCUT2D eigenvalue weighted by Gasteiger charge is 2.24. The number of aromatic amines is 2. The second kappa shape index (κ2) is 8.57. The number of nitrogens with zero attached hydrogens (tertiary/aromatic N) is 1. The first-order chi connectivity index (χ1) is 13.0. The van der Waals surface area contributed by atoms with Crippen LogP contribution in [0.15, 0.2) is 40.1 Å². The third-order valence-electron chi connectivity index (χ3n) is 4.75. The van der Waals surface area contributed by atoms with Gasteiger partial charge >= 0.3 is 5.69 Å². The molecule has 1 saturated heterocycles. The number of rotatable bonds is 6. The van der Waals surface area contributed by atoms with Crippen molar-refractivity contribution >= 4 is 5.91 Å². The van der Waals surface area contributed by atoms with E-state index in [1.165, 1.54) is 6.20 Å². The zero-order valence-electron chi connectivity index (χ0n) is 15.2. The maximum Gasteiger partial charge on any atom is 0.325 e. The Morgan fingerprint density at radius 1 is 1.15 bits per heavy atom. The van der Waals surface area contributed by atoms with Gasteiger partial charge in [-0.15, -0.1) is 0 Å². The molecular formula is C19H23N3O5. The molecule has 0 unspecified atom stereocenters. The van der Waals surface area contributed by atoms with Crippen LogP contribution in [0.2, 0.25) is 0 Å². The molecule has 8 heteroatoms. The highest BCUT2D eigenvalue weighted by molar-refractivity contribution is 5.78. The summed E-state index contributed by atoms with van der Waals surface area (Å²) in [4.78, 5) is 41.4. The van der Waals surface area contributed by atoms with Crippen LogP contribution in [0.25, 0.3) is 0 Å². The Labute approximate surface area is 156 Å². The van der Waals surface area contributed by atoms with Crippen LogP contribution in [-0.4, -0.2) is 47.6 Å². The second-order valence-corrected chi connectivity index (χ2v) is 6.58. The third kappa shape index (κ3) is 4.99. The number of ether oxygens (including phenoxy) is 2. The standard InChI is InChI=1S/C19H23N3O5/c1-26-15-2-4-16(5-3-15)27-12-13-6-8-22(9-7-13)17(23)10-14-11-20-19(25)21-18(14)24/h2-5,11,13H,6-10,12H2,1H3,(H2,20,21,24,25). The average molecular weight is 373 g/mol. The maximum atomic E-state index is 12.4. The molecular weight excluding hydrogens is 350 g/mol. The third-order valence-corrected chi connectivity index (χ3v) is 4.75. The van der Waals surface area contributed by atoms with Gasteiger partial charge in [-0.05, 0) is 43.0 Å². The molecule has 0 aliphatic carbocycles. The van der Waals surface area contributed by atoms with E-state index in [1.807, 2.05) is 24.3 Å². The van der Waals surface area contributed by atoms with E-state index >= 15 is 0 Å². The summed E-state index contributed by atoms with van der Waals surface area (Å²) in [6, 6.07) is 7.46. The minimum Gasteiger partial charge on any atom is -0.497 e. The summed E-state index contributed by atoms with van der Waals surface area (Å²) in [7, 11) is 1.62. The molecule has 1 aromatic heterocycles. The van der Waals surface area contributed by atoms with Crippen molar-refractivity contribution in [3.8, 4) is 11.5 Å². The zero-order valence-corrected chi connectivity index (χ0v) is 15.2. The second-order valence-electron chi connectivity index (χ2n) is 6.58. The lowest BCUT2D eigenvalue weighted by Crippen LogP contribution is -2.41. The van der Waals surface area contributed by atoms with Crippen molar-refractivity contribution in [1.29, 1.82) is 0 Å². The van der Waals surface area contributed by atoms with Gasteiger partial charge in [0.2, 0.25) is 5.91 Å².